The first-order valence-electron chi connectivity index (χ1n) is 9.89. The third-order valence-electron chi connectivity index (χ3n) is 5.87. The lowest BCUT2D eigenvalue weighted by molar-refractivity contribution is -0.150. The average Bonchev–Trinajstić information content (AvgIpc) is 3.33. The van der Waals surface area contributed by atoms with E-state index in [1.807, 2.05) is 48.5 Å². The molecular formula is C22H21N5O3. The van der Waals surface area contributed by atoms with E-state index in [-0.39, 0.29) is 24.5 Å². The molecule has 0 unspecified atom stereocenters. The molecule has 0 spiro atoms. The van der Waals surface area contributed by atoms with Crippen LogP contribution in [-0.2, 0) is 15.1 Å². The Hall–Kier alpha value is -3.52. The second-order valence-electron chi connectivity index (χ2n) is 7.54. The summed E-state index contributed by atoms with van der Waals surface area (Å²) in [5.41, 5.74) is 1.60. The van der Waals surface area contributed by atoms with E-state index in [0.29, 0.717) is 30.8 Å². The molecule has 2 atom stereocenters. The first-order valence-corrected chi connectivity index (χ1v) is 9.89. The SMILES string of the molecule is O=C1CO[C@@H]2CN(C(=O)c3ccccc3-n3cncn3)CC[C@@]2(c2ccccc2)N1. The fourth-order valence-corrected chi connectivity index (χ4v) is 4.40. The van der Waals surface area contributed by atoms with E-state index < -0.39 is 5.54 Å². The monoisotopic (exact) mass is 403 g/mol. The van der Waals surface area contributed by atoms with Crippen molar-refractivity contribution in [3.63, 3.8) is 0 Å². The lowest BCUT2D eigenvalue weighted by Gasteiger charge is -2.50. The Morgan fingerprint density at radius 1 is 1.13 bits per heavy atom. The van der Waals surface area contributed by atoms with Gasteiger partial charge in [-0.3, -0.25) is 9.59 Å². The van der Waals surface area contributed by atoms with Crippen molar-refractivity contribution in [2.45, 2.75) is 18.1 Å². The maximum atomic E-state index is 13.4. The molecule has 2 aromatic carbocycles. The first-order chi connectivity index (χ1) is 14.7. The van der Waals surface area contributed by atoms with Crippen LogP contribution in [-0.4, -0.2) is 57.3 Å². The smallest absolute Gasteiger partial charge is 0.256 e. The van der Waals surface area contributed by atoms with Crippen LogP contribution >= 0.6 is 0 Å². The van der Waals surface area contributed by atoms with E-state index in [2.05, 4.69) is 15.4 Å². The summed E-state index contributed by atoms with van der Waals surface area (Å²) < 4.78 is 7.52. The molecule has 2 amide bonds. The molecule has 5 rings (SSSR count). The molecule has 2 saturated heterocycles. The minimum absolute atomic E-state index is 0.00315. The van der Waals surface area contributed by atoms with E-state index in [1.54, 1.807) is 22.0 Å². The number of aromatic nitrogens is 3. The molecule has 0 saturated carbocycles. The maximum absolute atomic E-state index is 13.4. The lowest BCUT2D eigenvalue weighted by atomic mass is 9.77. The number of para-hydroxylation sites is 1. The van der Waals surface area contributed by atoms with Crippen molar-refractivity contribution in [2.24, 2.45) is 0 Å². The zero-order valence-corrected chi connectivity index (χ0v) is 16.3. The Morgan fingerprint density at radius 2 is 1.93 bits per heavy atom. The number of carbonyl (C=O) groups excluding carboxylic acids is 2. The summed E-state index contributed by atoms with van der Waals surface area (Å²) in [6.07, 6.45) is 3.26. The summed E-state index contributed by atoms with van der Waals surface area (Å²) >= 11 is 0. The largest absolute Gasteiger partial charge is 0.364 e. The minimum Gasteiger partial charge on any atom is -0.364 e. The Balaban J connectivity index is 1.45. The Labute approximate surface area is 173 Å². The van der Waals surface area contributed by atoms with Crippen molar-refractivity contribution >= 4 is 11.8 Å². The number of nitrogens with zero attached hydrogens (tertiary/aromatic N) is 4. The Morgan fingerprint density at radius 3 is 2.73 bits per heavy atom. The molecule has 3 heterocycles. The second-order valence-corrected chi connectivity index (χ2v) is 7.54. The molecule has 2 fully saturated rings. The van der Waals surface area contributed by atoms with E-state index in [4.69, 9.17) is 4.74 Å². The van der Waals surface area contributed by atoms with Gasteiger partial charge in [0.25, 0.3) is 5.91 Å². The van der Waals surface area contributed by atoms with Crippen molar-refractivity contribution < 1.29 is 14.3 Å². The van der Waals surface area contributed by atoms with Crippen molar-refractivity contribution in [1.29, 1.82) is 0 Å². The minimum atomic E-state index is -0.626. The van der Waals surface area contributed by atoms with Gasteiger partial charge in [0.2, 0.25) is 5.91 Å². The van der Waals surface area contributed by atoms with Crippen molar-refractivity contribution in [1.82, 2.24) is 25.0 Å². The number of amides is 2. The van der Waals surface area contributed by atoms with Crippen LogP contribution < -0.4 is 5.32 Å². The van der Waals surface area contributed by atoms with Crippen LogP contribution in [0, 0.1) is 0 Å². The predicted octanol–water partition coefficient (Wildman–Crippen LogP) is 1.52. The average molecular weight is 403 g/mol. The quantitative estimate of drug-likeness (QED) is 0.716. The van der Waals surface area contributed by atoms with Gasteiger partial charge in [-0.2, -0.15) is 5.10 Å². The number of likely N-dealkylation sites (tertiary alicyclic amines) is 1. The molecule has 152 valence electrons. The molecule has 8 heteroatoms. The maximum Gasteiger partial charge on any atom is 0.256 e. The van der Waals surface area contributed by atoms with Crippen molar-refractivity contribution in [2.75, 3.05) is 19.7 Å². The number of hydrogen-bond acceptors (Lipinski definition) is 5. The number of hydrogen-bond donors (Lipinski definition) is 1. The van der Waals surface area contributed by atoms with Crippen LogP contribution in [0.25, 0.3) is 5.69 Å². The summed E-state index contributed by atoms with van der Waals surface area (Å²) in [5, 5.41) is 7.32. The van der Waals surface area contributed by atoms with Gasteiger partial charge in [-0.05, 0) is 24.1 Å². The topological polar surface area (TPSA) is 89.4 Å². The lowest BCUT2D eigenvalue weighted by Crippen LogP contribution is -2.67. The fraction of sp³-hybridized carbons (Fsp3) is 0.273. The van der Waals surface area contributed by atoms with Crippen molar-refractivity contribution in [3.05, 3.63) is 78.4 Å². The highest BCUT2D eigenvalue weighted by Crippen LogP contribution is 2.37. The van der Waals surface area contributed by atoms with Crippen molar-refractivity contribution in [3.8, 4) is 5.69 Å². The number of carbonyl (C=O) groups is 2. The molecule has 0 bridgehead atoms. The number of benzene rings is 2. The number of nitrogens with one attached hydrogen (secondary N) is 1. The van der Waals surface area contributed by atoms with Gasteiger partial charge in [0, 0.05) is 13.1 Å². The van der Waals surface area contributed by atoms with Crippen LogP contribution in [0.4, 0.5) is 0 Å². The molecule has 3 aromatic rings. The standard InChI is InChI=1S/C22H21N5O3/c28-20-13-30-19-12-26(11-10-22(19,25-20)16-6-2-1-3-7-16)21(29)17-8-4-5-9-18(17)27-15-23-14-24-27/h1-9,14-15,19H,10-13H2,(H,25,28)/t19-,22+/m1/s1. The van der Waals surface area contributed by atoms with E-state index in [1.165, 1.54) is 6.33 Å². The first kappa shape index (κ1) is 18.5. The molecule has 2 aliphatic rings. The van der Waals surface area contributed by atoms with Gasteiger partial charge in [-0.25, -0.2) is 9.67 Å². The molecule has 2 aliphatic heterocycles. The molecule has 1 aromatic heterocycles. The number of morpholine rings is 1. The summed E-state index contributed by atoms with van der Waals surface area (Å²) in [7, 11) is 0. The Kier molecular flexibility index (Phi) is 4.55. The van der Waals surface area contributed by atoms with Gasteiger partial charge in [0.05, 0.1) is 16.8 Å². The van der Waals surface area contributed by atoms with Crippen LogP contribution in [0.5, 0.6) is 0 Å². The molecule has 30 heavy (non-hydrogen) atoms. The normalized spacial score (nSPS) is 23.5. The number of piperidine rings is 1. The van der Waals surface area contributed by atoms with Gasteiger partial charge in [-0.15, -0.1) is 0 Å². The fourth-order valence-electron chi connectivity index (χ4n) is 4.40. The highest BCUT2D eigenvalue weighted by atomic mass is 16.5. The molecular weight excluding hydrogens is 382 g/mol. The van der Waals surface area contributed by atoms with Gasteiger partial charge in [0.15, 0.2) is 0 Å². The number of rotatable bonds is 3. The Bertz CT molecular complexity index is 1070. The second kappa shape index (κ2) is 7.38. The molecule has 0 aliphatic carbocycles. The summed E-state index contributed by atoms with van der Waals surface area (Å²) in [4.78, 5) is 31.4. The summed E-state index contributed by atoms with van der Waals surface area (Å²) in [6.45, 7) is 0.885. The summed E-state index contributed by atoms with van der Waals surface area (Å²) in [5.74, 6) is -0.227. The van der Waals surface area contributed by atoms with Gasteiger partial charge in [-0.1, -0.05) is 42.5 Å². The number of fused-ring (bicyclic) bond motifs is 1. The third-order valence-corrected chi connectivity index (χ3v) is 5.87. The van der Waals surface area contributed by atoms with Crippen LogP contribution in [0.2, 0.25) is 0 Å². The predicted molar refractivity (Wildman–Crippen MR) is 108 cm³/mol. The molecule has 0 radical (unpaired) electrons. The van der Waals surface area contributed by atoms with E-state index in [9.17, 15) is 9.59 Å². The van der Waals surface area contributed by atoms with Crippen LogP contribution in [0.15, 0.2) is 67.3 Å². The van der Waals surface area contributed by atoms with Crippen LogP contribution in [0.3, 0.4) is 0 Å². The van der Waals surface area contributed by atoms with Gasteiger partial charge < -0.3 is 15.0 Å². The highest BCUT2D eigenvalue weighted by Gasteiger charge is 2.50. The molecule has 1 N–H and O–H groups in total. The zero-order valence-electron chi connectivity index (χ0n) is 16.3. The number of ether oxygens (including phenoxy) is 1. The van der Waals surface area contributed by atoms with E-state index in [0.717, 1.165) is 5.56 Å². The van der Waals surface area contributed by atoms with Crippen LogP contribution in [0.1, 0.15) is 22.3 Å². The highest BCUT2D eigenvalue weighted by molar-refractivity contribution is 5.98. The van der Waals surface area contributed by atoms with E-state index >= 15 is 0 Å². The summed E-state index contributed by atoms with van der Waals surface area (Å²) in [6, 6.07) is 17.2. The van der Waals surface area contributed by atoms with Gasteiger partial charge >= 0.3 is 0 Å². The third kappa shape index (κ3) is 3.05. The molecule has 8 nitrogen and oxygen atoms in total. The zero-order chi connectivity index (χ0) is 20.6. The van der Waals surface area contributed by atoms with Gasteiger partial charge in [0.1, 0.15) is 25.4 Å².